The number of aromatic hydroxyl groups is 1. The fourth-order valence-electron chi connectivity index (χ4n) is 5.79. The molecule has 1 aliphatic carbocycles. The Morgan fingerprint density at radius 1 is 1.14 bits per heavy atom. The van der Waals surface area contributed by atoms with Crippen molar-refractivity contribution in [3.63, 3.8) is 0 Å². The number of sulfone groups is 1. The molecule has 3 aliphatic rings. The number of hydrogen-bond donors (Lipinski definition) is 3. The number of aromatic nitrogens is 1. The van der Waals surface area contributed by atoms with Crippen molar-refractivity contribution < 1.29 is 40.9 Å². The Hall–Kier alpha value is -2.88. The van der Waals surface area contributed by atoms with Crippen LogP contribution in [-0.2, 0) is 24.6 Å². The van der Waals surface area contributed by atoms with Crippen molar-refractivity contribution >= 4 is 30.8 Å². The van der Waals surface area contributed by atoms with Crippen LogP contribution in [0.4, 0.5) is 4.39 Å². The molecule has 0 radical (unpaired) electrons. The minimum absolute atomic E-state index is 0.0170. The monoisotopic (exact) mass is 635 g/mol. The maximum Gasteiger partial charge on any atom is 0.248 e. The Labute approximate surface area is 249 Å². The minimum Gasteiger partial charge on any atom is -0.506 e. The normalized spacial score (nSPS) is 21.8. The van der Waals surface area contributed by atoms with Crippen molar-refractivity contribution in [2.24, 2.45) is 0 Å². The molecule has 2 atom stereocenters. The molecule has 2 unspecified atom stereocenters. The fourth-order valence-corrected chi connectivity index (χ4v) is 8.96. The number of pyridine rings is 1. The lowest BCUT2D eigenvalue weighted by Gasteiger charge is -2.38. The largest absolute Gasteiger partial charge is 0.506 e. The number of piperidine rings is 1. The molecule has 3 N–H and O–H groups in total. The molecule has 1 saturated carbocycles. The van der Waals surface area contributed by atoms with Crippen molar-refractivity contribution in [3.8, 4) is 11.5 Å². The number of benzene rings is 2. The van der Waals surface area contributed by atoms with Crippen LogP contribution in [0.15, 0.2) is 58.5 Å². The Kier molecular flexibility index (Phi) is 8.11. The van der Waals surface area contributed by atoms with E-state index in [9.17, 15) is 31.4 Å². The summed E-state index contributed by atoms with van der Waals surface area (Å²) in [5.74, 6) is -0.606. The van der Waals surface area contributed by atoms with Gasteiger partial charge in [0.15, 0.2) is 9.84 Å². The first kappa shape index (κ1) is 30.2. The molecule has 6 rings (SSSR count). The van der Waals surface area contributed by atoms with E-state index >= 15 is 0 Å². The van der Waals surface area contributed by atoms with Crippen LogP contribution in [0.3, 0.4) is 0 Å². The Morgan fingerprint density at radius 3 is 2.65 bits per heavy atom. The summed E-state index contributed by atoms with van der Waals surface area (Å²) in [6.45, 7) is 1.02. The number of aliphatic hydroxyl groups is 1. The van der Waals surface area contributed by atoms with E-state index in [4.69, 9.17) is 9.47 Å². The topological polar surface area (TPSA) is 155 Å². The SMILES string of the molecule is O=S(=O)(c1cccc(OCC(O)CNC2COC3(CCN(S(=O)(=O)c4cnc5cc(F)ccc5c4O)CC3)C2)c1)C1CC1. The maximum absolute atomic E-state index is 13.5. The van der Waals surface area contributed by atoms with Crippen LogP contribution in [0.5, 0.6) is 11.5 Å². The van der Waals surface area contributed by atoms with Crippen LogP contribution in [0, 0.1) is 5.82 Å². The molecule has 14 heteroatoms. The van der Waals surface area contributed by atoms with Gasteiger partial charge in [0.05, 0.1) is 34.1 Å². The number of nitrogens with zero attached hydrogens (tertiary/aromatic N) is 2. The van der Waals surface area contributed by atoms with E-state index in [-0.39, 0.29) is 58.2 Å². The molecule has 2 saturated heterocycles. The van der Waals surface area contributed by atoms with E-state index in [1.807, 2.05) is 0 Å². The summed E-state index contributed by atoms with van der Waals surface area (Å²) >= 11 is 0. The quantitative estimate of drug-likeness (QED) is 0.302. The molecule has 2 aromatic carbocycles. The predicted octanol–water partition coefficient (Wildman–Crippen LogP) is 2.36. The summed E-state index contributed by atoms with van der Waals surface area (Å²) < 4.78 is 78.3. The zero-order chi connectivity index (χ0) is 30.4. The van der Waals surface area contributed by atoms with Crippen LogP contribution >= 0.6 is 0 Å². The lowest BCUT2D eigenvalue weighted by Crippen LogP contribution is -2.47. The van der Waals surface area contributed by atoms with E-state index in [1.165, 1.54) is 16.4 Å². The highest BCUT2D eigenvalue weighted by Gasteiger charge is 2.45. The highest BCUT2D eigenvalue weighted by atomic mass is 32.2. The molecule has 11 nitrogen and oxygen atoms in total. The average molecular weight is 636 g/mol. The number of rotatable bonds is 10. The van der Waals surface area contributed by atoms with E-state index in [0.29, 0.717) is 44.5 Å². The van der Waals surface area contributed by atoms with Crippen LogP contribution in [-0.4, -0.2) is 92.2 Å². The first-order chi connectivity index (χ1) is 20.5. The van der Waals surface area contributed by atoms with E-state index in [1.54, 1.807) is 18.2 Å². The smallest absolute Gasteiger partial charge is 0.248 e. The summed E-state index contributed by atoms with van der Waals surface area (Å²) in [4.78, 5) is 3.95. The lowest BCUT2D eigenvalue weighted by molar-refractivity contribution is -0.0312. The van der Waals surface area contributed by atoms with Gasteiger partial charge in [-0.2, -0.15) is 4.31 Å². The maximum atomic E-state index is 13.5. The Bertz CT molecular complexity index is 1720. The second kappa shape index (κ2) is 11.6. The summed E-state index contributed by atoms with van der Waals surface area (Å²) in [5.41, 5.74) is -0.336. The fraction of sp³-hybridized carbons (Fsp3) is 0.483. The molecule has 1 spiro atoms. The Morgan fingerprint density at radius 2 is 1.91 bits per heavy atom. The van der Waals surface area contributed by atoms with Gasteiger partial charge in [0.2, 0.25) is 10.0 Å². The molecule has 3 aromatic rings. The van der Waals surface area contributed by atoms with Gasteiger partial charge in [-0.05, 0) is 62.4 Å². The van der Waals surface area contributed by atoms with Gasteiger partial charge in [-0.15, -0.1) is 0 Å². The number of ether oxygens (including phenoxy) is 2. The average Bonchev–Trinajstić information content (AvgIpc) is 3.78. The molecule has 0 amide bonds. The second-order valence-corrected chi connectivity index (χ2v) is 15.7. The van der Waals surface area contributed by atoms with Crippen molar-refractivity contribution in [2.75, 3.05) is 32.8 Å². The lowest BCUT2D eigenvalue weighted by atomic mass is 9.88. The molecule has 3 fully saturated rings. The molecule has 43 heavy (non-hydrogen) atoms. The van der Waals surface area contributed by atoms with Crippen LogP contribution in [0.1, 0.15) is 32.1 Å². The number of hydrogen-bond acceptors (Lipinski definition) is 10. The second-order valence-electron chi connectivity index (χ2n) is 11.5. The third-order valence-corrected chi connectivity index (χ3v) is 12.6. The van der Waals surface area contributed by atoms with Gasteiger partial charge in [0.25, 0.3) is 0 Å². The molecule has 2 aliphatic heterocycles. The third-order valence-electron chi connectivity index (χ3n) is 8.41. The third kappa shape index (κ3) is 6.22. The standard InChI is InChI=1S/C29H34FN3O8S2/c30-19-4-7-25-26(12-19)32-16-27(28(25)35)43(38,39)33-10-8-29(9-11-33)14-20(17-41-29)31-15-21(34)18-40-22-2-1-3-24(13-22)42(36,37)23-5-6-23/h1-4,7,12-13,16,20-21,23,31,34H,5-6,8-11,14-15,17-18H2,(H,32,35). The molecule has 1 aromatic heterocycles. The predicted molar refractivity (Wildman–Crippen MR) is 155 cm³/mol. The van der Waals surface area contributed by atoms with Gasteiger partial charge >= 0.3 is 0 Å². The summed E-state index contributed by atoms with van der Waals surface area (Å²) in [6, 6.07) is 9.88. The Balaban J connectivity index is 0.989. The molecular formula is C29H34FN3O8S2. The van der Waals surface area contributed by atoms with Crippen LogP contribution < -0.4 is 10.1 Å². The molecule has 3 heterocycles. The van der Waals surface area contributed by atoms with Crippen molar-refractivity contribution in [1.29, 1.82) is 0 Å². The molecule has 232 valence electrons. The highest BCUT2D eigenvalue weighted by Crippen LogP contribution is 2.39. The van der Waals surface area contributed by atoms with Crippen molar-refractivity contribution in [1.82, 2.24) is 14.6 Å². The summed E-state index contributed by atoms with van der Waals surface area (Å²) in [7, 11) is -7.37. The first-order valence-corrected chi connectivity index (χ1v) is 17.3. The van der Waals surface area contributed by atoms with Crippen molar-refractivity contribution in [3.05, 3.63) is 54.5 Å². The first-order valence-electron chi connectivity index (χ1n) is 14.3. The van der Waals surface area contributed by atoms with Gasteiger partial charge < -0.3 is 25.0 Å². The highest BCUT2D eigenvalue weighted by molar-refractivity contribution is 7.92. The van der Waals surface area contributed by atoms with Gasteiger partial charge in [-0.25, -0.2) is 21.2 Å². The zero-order valence-electron chi connectivity index (χ0n) is 23.4. The van der Waals surface area contributed by atoms with Gasteiger partial charge in [0.1, 0.15) is 34.9 Å². The zero-order valence-corrected chi connectivity index (χ0v) is 25.0. The van der Waals surface area contributed by atoms with Crippen LogP contribution in [0.25, 0.3) is 10.9 Å². The molecule has 0 bridgehead atoms. The number of sulfonamides is 1. The van der Waals surface area contributed by atoms with Crippen LogP contribution in [0.2, 0.25) is 0 Å². The number of aliphatic hydroxyl groups excluding tert-OH is 1. The van der Waals surface area contributed by atoms with Gasteiger partial charge in [0, 0.05) is 37.1 Å². The number of halogens is 1. The minimum atomic E-state index is -4.04. The van der Waals surface area contributed by atoms with E-state index in [0.717, 1.165) is 18.3 Å². The number of nitrogens with one attached hydrogen (secondary N) is 1. The van der Waals surface area contributed by atoms with E-state index < -0.39 is 43.1 Å². The number of fused-ring (bicyclic) bond motifs is 1. The van der Waals surface area contributed by atoms with Gasteiger partial charge in [-0.3, -0.25) is 4.98 Å². The molecular weight excluding hydrogens is 601 g/mol. The summed E-state index contributed by atoms with van der Waals surface area (Å²) in [5, 5.41) is 24.3. The summed E-state index contributed by atoms with van der Waals surface area (Å²) in [6.07, 6.45) is 3.14. The van der Waals surface area contributed by atoms with E-state index in [2.05, 4.69) is 10.3 Å². The van der Waals surface area contributed by atoms with Gasteiger partial charge in [-0.1, -0.05) is 6.07 Å². The van der Waals surface area contributed by atoms with Crippen molar-refractivity contribution in [2.45, 2.75) is 64.9 Å².